The zero-order valence-corrected chi connectivity index (χ0v) is 9.58. The van der Waals surface area contributed by atoms with Crippen LogP contribution in [-0.4, -0.2) is 23.3 Å². The minimum absolute atomic E-state index is 0.318. The molecule has 0 bridgehead atoms. The number of rotatable bonds is 9. The molecular weight excluding hydrogens is 192 g/mol. The average Bonchev–Trinajstić information content (AvgIpc) is 2.90. The van der Waals surface area contributed by atoms with Crippen molar-refractivity contribution in [3.8, 4) is 0 Å². The molecule has 1 heterocycles. The van der Waals surface area contributed by atoms with Gasteiger partial charge in [0.05, 0.1) is 12.2 Å². The highest BCUT2D eigenvalue weighted by Crippen LogP contribution is 2.30. The van der Waals surface area contributed by atoms with Crippen molar-refractivity contribution in [3.63, 3.8) is 0 Å². The van der Waals surface area contributed by atoms with Gasteiger partial charge in [-0.05, 0) is 19.3 Å². The zero-order chi connectivity index (χ0) is 11.1. The van der Waals surface area contributed by atoms with E-state index < -0.39 is 5.97 Å². The van der Waals surface area contributed by atoms with Gasteiger partial charge < -0.3 is 9.84 Å². The summed E-state index contributed by atoms with van der Waals surface area (Å²) in [6.07, 6.45) is 9.13. The fraction of sp³-hybridized carbons (Fsp3) is 0.917. The number of carboxylic acids is 1. The van der Waals surface area contributed by atoms with E-state index in [9.17, 15) is 4.79 Å². The number of ether oxygens (including phenoxy) is 1. The zero-order valence-electron chi connectivity index (χ0n) is 9.58. The van der Waals surface area contributed by atoms with Crippen LogP contribution in [0.5, 0.6) is 0 Å². The molecule has 1 aliphatic heterocycles. The minimum Gasteiger partial charge on any atom is -0.481 e. The molecule has 1 aliphatic rings. The second kappa shape index (κ2) is 6.83. The Kier molecular flexibility index (Phi) is 5.69. The lowest BCUT2D eigenvalue weighted by Crippen LogP contribution is -1.95. The maximum absolute atomic E-state index is 10.2. The van der Waals surface area contributed by atoms with Gasteiger partial charge in [-0.25, -0.2) is 0 Å². The summed E-state index contributed by atoms with van der Waals surface area (Å²) < 4.78 is 5.51. The molecule has 2 unspecified atom stereocenters. The van der Waals surface area contributed by atoms with E-state index in [2.05, 4.69) is 6.92 Å². The van der Waals surface area contributed by atoms with E-state index in [1.54, 1.807) is 0 Å². The van der Waals surface area contributed by atoms with Crippen LogP contribution in [0.25, 0.3) is 0 Å². The number of unbranched alkanes of at least 4 members (excludes halogenated alkanes) is 3. The summed E-state index contributed by atoms with van der Waals surface area (Å²) in [5, 5.41) is 8.44. The Morgan fingerprint density at radius 2 is 1.80 bits per heavy atom. The van der Waals surface area contributed by atoms with Gasteiger partial charge >= 0.3 is 5.97 Å². The van der Waals surface area contributed by atoms with Crippen LogP contribution in [0.4, 0.5) is 0 Å². The van der Waals surface area contributed by atoms with Gasteiger partial charge in [0.1, 0.15) is 0 Å². The predicted octanol–water partition coefficient (Wildman–Crippen LogP) is 2.98. The van der Waals surface area contributed by atoms with Gasteiger partial charge in [0, 0.05) is 6.42 Å². The van der Waals surface area contributed by atoms with Crippen molar-refractivity contribution >= 4 is 5.97 Å². The van der Waals surface area contributed by atoms with Gasteiger partial charge in [0.25, 0.3) is 0 Å². The molecule has 3 heteroatoms. The van der Waals surface area contributed by atoms with Crippen molar-refractivity contribution < 1.29 is 14.6 Å². The van der Waals surface area contributed by atoms with Crippen molar-refractivity contribution in [3.05, 3.63) is 0 Å². The first-order chi connectivity index (χ1) is 7.24. The highest BCUT2D eigenvalue weighted by Gasteiger charge is 2.36. The summed E-state index contributed by atoms with van der Waals surface area (Å²) in [5.74, 6) is -0.677. The molecule has 0 spiro atoms. The molecule has 0 aromatic rings. The van der Waals surface area contributed by atoms with Gasteiger partial charge in [0.2, 0.25) is 0 Å². The van der Waals surface area contributed by atoms with Crippen LogP contribution < -0.4 is 0 Å². The highest BCUT2D eigenvalue weighted by molar-refractivity contribution is 5.66. The van der Waals surface area contributed by atoms with Crippen LogP contribution in [0.1, 0.15) is 58.3 Å². The topological polar surface area (TPSA) is 49.8 Å². The largest absolute Gasteiger partial charge is 0.481 e. The minimum atomic E-state index is -0.677. The second-order valence-corrected chi connectivity index (χ2v) is 4.35. The Bertz CT molecular complexity index is 191. The Morgan fingerprint density at radius 1 is 1.13 bits per heavy atom. The van der Waals surface area contributed by atoms with Gasteiger partial charge in [-0.15, -0.1) is 0 Å². The molecular formula is C12H22O3. The van der Waals surface area contributed by atoms with Crippen LogP contribution in [0, 0.1) is 0 Å². The molecule has 0 saturated carbocycles. The van der Waals surface area contributed by atoms with Crippen molar-refractivity contribution in [2.75, 3.05) is 0 Å². The molecule has 15 heavy (non-hydrogen) atoms. The second-order valence-electron chi connectivity index (χ2n) is 4.35. The molecule has 1 fully saturated rings. The summed E-state index contributed by atoms with van der Waals surface area (Å²) >= 11 is 0. The number of epoxide rings is 1. The fourth-order valence-corrected chi connectivity index (χ4v) is 1.95. The lowest BCUT2D eigenvalue weighted by Gasteiger charge is -1.97. The third-order valence-corrected chi connectivity index (χ3v) is 2.89. The number of aliphatic carboxylic acids is 1. The van der Waals surface area contributed by atoms with Crippen LogP contribution in [0.15, 0.2) is 0 Å². The molecule has 0 radical (unpaired) electrons. The third kappa shape index (κ3) is 5.78. The van der Waals surface area contributed by atoms with Crippen molar-refractivity contribution in [2.24, 2.45) is 0 Å². The molecule has 3 nitrogen and oxygen atoms in total. The summed E-state index contributed by atoms with van der Waals surface area (Å²) in [5.41, 5.74) is 0. The first-order valence-electron chi connectivity index (χ1n) is 6.11. The summed E-state index contributed by atoms with van der Waals surface area (Å²) in [6, 6.07) is 0. The molecule has 0 aromatic carbocycles. The van der Waals surface area contributed by atoms with E-state index >= 15 is 0 Å². The lowest BCUT2D eigenvalue weighted by atomic mass is 10.1. The summed E-state index contributed by atoms with van der Waals surface area (Å²) in [6.45, 7) is 2.19. The fourth-order valence-electron chi connectivity index (χ4n) is 1.95. The molecule has 88 valence electrons. The molecule has 1 rings (SSSR count). The maximum atomic E-state index is 10.2. The number of hydrogen-bond donors (Lipinski definition) is 1. The van der Waals surface area contributed by atoms with E-state index in [-0.39, 0.29) is 0 Å². The van der Waals surface area contributed by atoms with Gasteiger partial charge in [0.15, 0.2) is 0 Å². The Morgan fingerprint density at radius 3 is 2.47 bits per heavy atom. The van der Waals surface area contributed by atoms with E-state index in [0.717, 1.165) is 25.7 Å². The van der Waals surface area contributed by atoms with E-state index in [0.29, 0.717) is 18.6 Å². The van der Waals surface area contributed by atoms with Crippen molar-refractivity contribution in [1.29, 1.82) is 0 Å². The normalized spacial score (nSPS) is 24.1. The smallest absolute Gasteiger partial charge is 0.303 e. The SMILES string of the molecule is CCCC1OC1CCCCCCC(=O)O. The van der Waals surface area contributed by atoms with E-state index in [1.807, 2.05) is 0 Å². The highest BCUT2D eigenvalue weighted by atomic mass is 16.6. The van der Waals surface area contributed by atoms with Crippen LogP contribution in [0.2, 0.25) is 0 Å². The third-order valence-electron chi connectivity index (χ3n) is 2.89. The predicted molar refractivity (Wildman–Crippen MR) is 58.9 cm³/mol. The van der Waals surface area contributed by atoms with E-state index in [4.69, 9.17) is 9.84 Å². The standard InChI is InChI=1S/C12H22O3/c1-2-7-10-11(15-10)8-5-3-4-6-9-12(13)14/h10-11H,2-9H2,1H3,(H,13,14). The molecule has 2 atom stereocenters. The van der Waals surface area contributed by atoms with Crippen LogP contribution >= 0.6 is 0 Å². The molecule has 0 amide bonds. The van der Waals surface area contributed by atoms with Gasteiger partial charge in [-0.3, -0.25) is 4.79 Å². The number of carbonyl (C=O) groups is 1. The molecule has 1 saturated heterocycles. The van der Waals surface area contributed by atoms with Gasteiger partial charge in [-0.1, -0.05) is 32.6 Å². The average molecular weight is 214 g/mol. The number of hydrogen-bond acceptors (Lipinski definition) is 2. The Balaban J connectivity index is 1.80. The van der Waals surface area contributed by atoms with Crippen molar-refractivity contribution in [2.45, 2.75) is 70.5 Å². The summed E-state index contributed by atoms with van der Waals surface area (Å²) in [7, 11) is 0. The van der Waals surface area contributed by atoms with Gasteiger partial charge in [-0.2, -0.15) is 0 Å². The quantitative estimate of drug-likeness (QED) is 0.474. The monoisotopic (exact) mass is 214 g/mol. The van der Waals surface area contributed by atoms with Crippen LogP contribution in [-0.2, 0) is 9.53 Å². The summed E-state index contributed by atoms with van der Waals surface area (Å²) in [4.78, 5) is 10.2. The van der Waals surface area contributed by atoms with Crippen molar-refractivity contribution in [1.82, 2.24) is 0 Å². The first kappa shape index (κ1) is 12.5. The first-order valence-corrected chi connectivity index (χ1v) is 6.11. The molecule has 0 aromatic heterocycles. The van der Waals surface area contributed by atoms with E-state index in [1.165, 1.54) is 19.3 Å². The van der Waals surface area contributed by atoms with Crippen LogP contribution in [0.3, 0.4) is 0 Å². The number of carboxylic acid groups (broad SMARTS) is 1. The molecule has 1 N–H and O–H groups in total. The molecule has 0 aliphatic carbocycles. The Labute approximate surface area is 91.8 Å². The maximum Gasteiger partial charge on any atom is 0.303 e. The Hall–Kier alpha value is -0.570. The lowest BCUT2D eigenvalue weighted by molar-refractivity contribution is -0.137.